The highest BCUT2D eigenvalue weighted by atomic mass is 19.2. The molecule has 2 aromatic carbocycles. The minimum absolute atomic E-state index is 0.294. The van der Waals surface area contributed by atoms with E-state index in [1.54, 1.807) is 35.0 Å². The molecule has 11 heteroatoms. The maximum Gasteiger partial charge on any atom is 0.323 e. The molecule has 0 radical (unpaired) electrons. The molecular weight excluding hydrogens is 449 g/mol. The topological polar surface area (TPSA) is 94.0 Å². The lowest BCUT2D eigenvalue weighted by Crippen LogP contribution is -2.20. The number of nitrogens with zero attached hydrogens (tertiary/aromatic N) is 4. The van der Waals surface area contributed by atoms with E-state index >= 15 is 0 Å². The molecule has 0 spiro atoms. The molecule has 174 valence electrons. The van der Waals surface area contributed by atoms with Crippen LogP contribution in [-0.2, 0) is 0 Å². The molecular formula is C23H19F3N6O2. The van der Waals surface area contributed by atoms with Crippen LogP contribution in [0, 0.1) is 38.2 Å². The Morgan fingerprint density at radius 3 is 2.35 bits per heavy atom. The van der Waals surface area contributed by atoms with Crippen LogP contribution in [0.1, 0.15) is 17.0 Å². The largest absolute Gasteiger partial charge is 0.439 e. The quantitative estimate of drug-likeness (QED) is 0.381. The van der Waals surface area contributed by atoms with Gasteiger partial charge in [-0.25, -0.2) is 32.6 Å². The zero-order chi connectivity index (χ0) is 24.4. The summed E-state index contributed by atoms with van der Waals surface area (Å²) in [7, 11) is 0. The first-order valence-electron chi connectivity index (χ1n) is 10.1. The van der Waals surface area contributed by atoms with Gasteiger partial charge in [0.2, 0.25) is 5.88 Å². The average Bonchev–Trinajstić information content (AvgIpc) is 3.08. The molecule has 0 aliphatic heterocycles. The second kappa shape index (κ2) is 9.22. The first-order valence-corrected chi connectivity index (χ1v) is 10.1. The monoisotopic (exact) mass is 468 g/mol. The van der Waals surface area contributed by atoms with E-state index in [4.69, 9.17) is 4.74 Å². The normalized spacial score (nSPS) is 10.8. The number of amides is 2. The number of anilines is 2. The summed E-state index contributed by atoms with van der Waals surface area (Å²) in [6.07, 6.45) is 1.37. The number of rotatable bonds is 5. The van der Waals surface area contributed by atoms with Crippen LogP contribution in [0.2, 0.25) is 0 Å². The zero-order valence-corrected chi connectivity index (χ0v) is 18.4. The summed E-state index contributed by atoms with van der Waals surface area (Å²) in [6.45, 7) is 5.85. The van der Waals surface area contributed by atoms with Crippen molar-refractivity contribution in [2.24, 2.45) is 0 Å². The number of nitrogens with one attached hydrogen (secondary N) is 2. The summed E-state index contributed by atoms with van der Waals surface area (Å²) in [6, 6.07) is 8.72. The number of carbonyl (C=O) groups excluding carboxylic acids is 1. The average molecular weight is 468 g/mol. The van der Waals surface area contributed by atoms with E-state index in [0.29, 0.717) is 29.2 Å². The maximum absolute atomic E-state index is 13.7. The summed E-state index contributed by atoms with van der Waals surface area (Å²) < 4.78 is 47.5. The van der Waals surface area contributed by atoms with E-state index in [-0.39, 0.29) is 0 Å². The van der Waals surface area contributed by atoms with Crippen LogP contribution in [0.15, 0.2) is 48.8 Å². The summed E-state index contributed by atoms with van der Waals surface area (Å²) >= 11 is 0. The fraction of sp³-hybridized carbons (Fsp3) is 0.130. The Morgan fingerprint density at radius 1 is 0.941 bits per heavy atom. The standard InChI is InChI=1S/C23H19F3N6O2/c1-12-13(2)31-32(14(12)3)19-10-20(28-11-27-19)34-16-6-4-15(5-7-16)29-23(33)30-18-9-8-17(24)21(25)22(18)26/h4-11H,1-3H3,(H2,29,30,33). The van der Waals surface area contributed by atoms with Gasteiger partial charge in [0, 0.05) is 17.4 Å². The van der Waals surface area contributed by atoms with Crippen LogP contribution in [0.25, 0.3) is 5.82 Å². The fourth-order valence-corrected chi connectivity index (χ4v) is 3.08. The van der Waals surface area contributed by atoms with E-state index < -0.39 is 29.2 Å². The second-order valence-corrected chi connectivity index (χ2v) is 7.35. The van der Waals surface area contributed by atoms with E-state index in [1.807, 2.05) is 20.8 Å². The van der Waals surface area contributed by atoms with Crippen molar-refractivity contribution in [1.82, 2.24) is 19.7 Å². The molecule has 0 saturated heterocycles. The summed E-state index contributed by atoms with van der Waals surface area (Å²) in [5.74, 6) is -3.22. The van der Waals surface area contributed by atoms with Gasteiger partial charge >= 0.3 is 6.03 Å². The Kier molecular flexibility index (Phi) is 6.17. The number of hydrogen-bond acceptors (Lipinski definition) is 5. The molecule has 0 unspecified atom stereocenters. The van der Waals surface area contributed by atoms with Gasteiger partial charge in [0.05, 0.1) is 11.4 Å². The lowest BCUT2D eigenvalue weighted by atomic mass is 10.2. The number of urea groups is 1. The van der Waals surface area contributed by atoms with Gasteiger partial charge in [-0.15, -0.1) is 0 Å². The minimum atomic E-state index is -1.67. The van der Waals surface area contributed by atoms with E-state index in [1.165, 1.54) is 6.33 Å². The predicted molar refractivity (Wildman–Crippen MR) is 119 cm³/mol. The fourth-order valence-electron chi connectivity index (χ4n) is 3.08. The second-order valence-electron chi connectivity index (χ2n) is 7.35. The summed E-state index contributed by atoms with van der Waals surface area (Å²) in [4.78, 5) is 20.4. The molecule has 0 atom stereocenters. The predicted octanol–water partition coefficient (Wildman–Crippen LogP) is 5.44. The third-order valence-electron chi connectivity index (χ3n) is 5.12. The Hall–Kier alpha value is -4.41. The SMILES string of the molecule is Cc1nn(-c2cc(Oc3ccc(NC(=O)Nc4ccc(F)c(F)c4F)cc3)ncn2)c(C)c1C. The molecule has 34 heavy (non-hydrogen) atoms. The van der Waals surface area contributed by atoms with Crippen molar-refractivity contribution in [3.63, 3.8) is 0 Å². The van der Waals surface area contributed by atoms with Gasteiger partial charge in [-0.3, -0.25) is 0 Å². The van der Waals surface area contributed by atoms with Gasteiger partial charge in [-0.2, -0.15) is 5.10 Å². The Bertz CT molecular complexity index is 1370. The molecule has 4 rings (SSSR count). The lowest BCUT2D eigenvalue weighted by molar-refractivity contribution is 0.262. The van der Waals surface area contributed by atoms with Gasteiger partial charge in [0.15, 0.2) is 23.3 Å². The number of halogens is 3. The number of aryl methyl sites for hydroxylation is 1. The molecule has 2 heterocycles. The minimum Gasteiger partial charge on any atom is -0.439 e. The van der Waals surface area contributed by atoms with E-state index in [2.05, 4.69) is 25.7 Å². The molecule has 2 aromatic heterocycles. The van der Waals surface area contributed by atoms with Crippen LogP contribution in [0.4, 0.5) is 29.3 Å². The third-order valence-corrected chi connectivity index (χ3v) is 5.12. The Morgan fingerprint density at radius 2 is 1.68 bits per heavy atom. The highest BCUT2D eigenvalue weighted by Gasteiger charge is 2.15. The van der Waals surface area contributed by atoms with Crippen LogP contribution < -0.4 is 15.4 Å². The van der Waals surface area contributed by atoms with Crippen molar-refractivity contribution in [3.8, 4) is 17.4 Å². The molecule has 2 N–H and O–H groups in total. The molecule has 8 nitrogen and oxygen atoms in total. The van der Waals surface area contributed by atoms with Crippen molar-refractivity contribution < 1.29 is 22.7 Å². The molecule has 0 saturated carbocycles. The number of carbonyl (C=O) groups is 1. The highest BCUT2D eigenvalue weighted by Crippen LogP contribution is 2.24. The van der Waals surface area contributed by atoms with E-state index in [0.717, 1.165) is 23.0 Å². The van der Waals surface area contributed by atoms with Crippen molar-refractivity contribution in [2.75, 3.05) is 10.6 Å². The molecule has 2 amide bonds. The first-order chi connectivity index (χ1) is 16.2. The molecule has 0 aliphatic carbocycles. The Balaban J connectivity index is 1.42. The number of ether oxygens (including phenoxy) is 1. The number of aromatic nitrogens is 4. The van der Waals surface area contributed by atoms with Crippen LogP contribution in [0.3, 0.4) is 0 Å². The molecule has 0 aliphatic rings. The van der Waals surface area contributed by atoms with Gasteiger partial charge in [-0.1, -0.05) is 0 Å². The van der Waals surface area contributed by atoms with Crippen LogP contribution in [0.5, 0.6) is 11.6 Å². The summed E-state index contributed by atoms with van der Waals surface area (Å²) in [5, 5.41) is 9.06. The molecule has 0 fully saturated rings. The van der Waals surface area contributed by atoms with Gasteiger partial charge in [0.1, 0.15) is 12.1 Å². The number of benzene rings is 2. The lowest BCUT2D eigenvalue weighted by Gasteiger charge is -2.10. The molecule has 4 aromatic rings. The van der Waals surface area contributed by atoms with Crippen molar-refractivity contribution in [2.45, 2.75) is 20.8 Å². The van der Waals surface area contributed by atoms with Gasteiger partial charge in [-0.05, 0) is 62.7 Å². The zero-order valence-electron chi connectivity index (χ0n) is 18.4. The number of hydrogen-bond donors (Lipinski definition) is 2. The third kappa shape index (κ3) is 4.68. The molecule has 0 bridgehead atoms. The van der Waals surface area contributed by atoms with Gasteiger partial charge < -0.3 is 15.4 Å². The van der Waals surface area contributed by atoms with Gasteiger partial charge in [0.25, 0.3) is 0 Å². The van der Waals surface area contributed by atoms with Crippen molar-refractivity contribution in [1.29, 1.82) is 0 Å². The highest BCUT2D eigenvalue weighted by molar-refractivity contribution is 5.99. The summed E-state index contributed by atoms with van der Waals surface area (Å²) in [5.41, 5.74) is 2.79. The van der Waals surface area contributed by atoms with E-state index in [9.17, 15) is 18.0 Å². The smallest absolute Gasteiger partial charge is 0.323 e. The Labute approximate surface area is 192 Å². The van der Waals surface area contributed by atoms with Crippen molar-refractivity contribution >= 4 is 17.4 Å². The van der Waals surface area contributed by atoms with Crippen molar-refractivity contribution in [3.05, 3.63) is 83.2 Å². The first kappa shape index (κ1) is 22.8. The maximum atomic E-state index is 13.7. The van der Waals surface area contributed by atoms with Crippen LogP contribution >= 0.6 is 0 Å². The van der Waals surface area contributed by atoms with Crippen LogP contribution in [-0.4, -0.2) is 25.8 Å².